The van der Waals surface area contributed by atoms with E-state index in [9.17, 15) is 9.59 Å². The lowest BCUT2D eigenvalue weighted by atomic mass is 9.93. The van der Waals surface area contributed by atoms with E-state index in [0.717, 1.165) is 21.2 Å². The molecule has 30 heavy (non-hydrogen) atoms. The number of hydrogen-bond donors (Lipinski definition) is 3. The number of allylic oxidation sites excluding steroid dienone is 1. The minimum atomic E-state index is -0.543. The van der Waals surface area contributed by atoms with E-state index in [2.05, 4.69) is 31.9 Å². The van der Waals surface area contributed by atoms with Gasteiger partial charge >= 0.3 is 6.03 Å². The SMILES string of the molecule is CC1=C(C(=O)Nc2ccc(Br)cc2)C(c2ccc(-c3ccccc3)cc2)NC(=O)N1. The van der Waals surface area contributed by atoms with Crippen molar-refractivity contribution >= 4 is 33.6 Å². The number of hydrogen-bond acceptors (Lipinski definition) is 2. The van der Waals surface area contributed by atoms with E-state index >= 15 is 0 Å². The molecular weight excluding hydrogens is 442 g/mol. The van der Waals surface area contributed by atoms with Crippen molar-refractivity contribution in [3.8, 4) is 11.1 Å². The third-order valence-electron chi connectivity index (χ3n) is 4.97. The van der Waals surface area contributed by atoms with Crippen molar-refractivity contribution in [3.63, 3.8) is 0 Å². The molecule has 3 amide bonds. The minimum absolute atomic E-state index is 0.264. The Morgan fingerprint density at radius 3 is 2.20 bits per heavy atom. The van der Waals surface area contributed by atoms with Crippen molar-refractivity contribution in [2.75, 3.05) is 5.32 Å². The van der Waals surface area contributed by atoms with Crippen LogP contribution in [0.25, 0.3) is 11.1 Å². The molecule has 0 radical (unpaired) electrons. The van der Waals surface area contributed by atoms with E-state index in [1.807, 2.05) is 78.9 Å². The first-order valence-corrected chi connectivity index (χ1v) is 10.3. The maximum absolute atomic E-state index is 13.1. The predicted molar refractivity (Wildman–Crippen MR) is 122 cm³/mol. The van der Waals surface area contributed by atoms with Crippen molar-refractivity contribution in [2.24, 2.45) is 0 Å². The van der Waals surface area contributed by atoms with Gasteiger partial charge in [-0.2, -0.15) is 0 Å². The molecule has 0 bridgehead atoms. The normalized spacial score (nSPS) is 15.9. The molecule has 150 valence electrons. The predicted octanol–water partition coefficient (Wildman–Crippen LogP) is 5.38. The zero-order chi connectivity index (χ0) is 21.1. The topological polar surface area (TPSA) is 70.2 Å². The average molecular weight is 462 g/mol. The van der Waals surface area contributed by atoms with Gasteiger partial charge in [-0.25, -0.2) is 4.79 Å². The van der Waals surface area contributed by atoms with Gasteiger partial charge in [-0.3, -0.25) is 4.79 Å². The molecule has 0 spiro atoms. The van der Waals surface area contributed by atoms with E-state index in [0.29, 0.717) is 17.0 Å². The van der Waals surface area contributed by atoms with Gasteiger partial charge in [0.2, 0.25) is 0 Å². The van der Waals surface area contributed by atoms with Crippen LogP contribution >= 0.6 is 15.9 Å². The monoisotopic (exact) mass is 461 g/mol. The third kappa shape index (κ3) is 4.28. The highest BCUT2D eigenvalue weighted by Crippen LogP contribution is 2.30. The van der Waals surface area contributed by atoms with Crippen LogP contribution in [0.2, 0.25) is 0 Å². The molecule has 0 fully saturated rings. The summed E-state index contributed by atoms with van der Waals surface area (Å²) in [4.78, 5) is 25.2. The number of rotatable bonds is 4. The Kier molecular flexibility index (Phi) is 5.68. The highest BCUT2D eigenvalue weighted by molar-refractivity contribution is 9.10. The zero-order valence-electron chi connectivity index (χ0n) is 16.3. The van der Waals surface area contributed by atoms with E-state index in [4.69, 9.17) is 0 Å². The quantitative estimate of drug-likeness (QED) is 0.487. The van der Waals surface area contributed by atoms with Crippen LogP contribution in [-0.2, 0) is 4.79 Å². The van der Waals surface area contributed by atoms with Gasteiger partial charge in [0.1, 0.15) is 0 Å². The van der Waals surface area contributed by atoms with Crippen LogP contribution in [0.4, 0.5) is 10.5 Å². The lowest BCUT2D eigenvalue weighted by Gasteiger charge is -2.28. The molecule has 1 atom stereocenters. The molecule has 3 aromatic rings. The molecule has 0 aliphatic carbocycles. The largest absolute Gasteiger partial charge is 0.327 e. The average Bonchev–Trinajstić information content (AvgIpc) is 2.75. The number of benzene rings is 3. The van der Waals surface area contributed by atoms with Gasteiger partial charge in [0.15, 0.2) is 0 Å². The van der Waals surface area contributed by atoms with Crippen molar-refractivity contribution in [3.05, 3.63) is 100 Å². The highest BCUT2D eigenvalue weighted by atomic mass is 79.9. The molecule has 4 rings (SSSR count). The molecule has 1 aliphatic heterocycles. The van der Waals surface area contributed by atoms with E-state index in [-0.39, 0.29) is 11.9 Å². The van der Waals surface area contributed by atoms with Crippen LogP contribution in [0.3, 0.4) is 0 Å². The second-order valence-electron chi connectivity index (χ2n) is 7.02. The number of halogens is 1. The van der Waals surface area contributed by atoms with Crippen molar-refractivity contribution in [1.82, 2.24) is 10.6 Å². The summed E-state index contributed by atoms with van der Waals surface area (Å²) in [5.74, 6) is -0.264. The Morgan fingerprint density at radius 1 is 0.900 bits per heavy atom. The highest BCUT2D eigenvalue weighted by Gasteiger charge is 2.31. The summed E-state index contributed by atoms with van der Waals surface area (Å²) < 4.78 is 0.930. The molecule has 3 aromatic carbocycles. The summed E-state index contributed by atoms with van der Waals surface area (Å²) in [7, 11) is 0. The summed E-state index contributed by atoms with van der Waals surface area (Å²) in [5, 5.41) is 8.49. The maximum atomic E-state index is 13.1. The zero-order valence-corrected chi connectivity index (χ0v) is 17.9. The fourth-order valence-corrected chi connectivity index (χ4v) is 3.74. The summed E-state index contributed by atoms with van der Waals surface area (Å²) in [6, 6.07) is 24.4. The smallest absolute Gasteiger partial charge is 0.319 e. The Hall–Kier alpha value is -3.38. The van der Waals surface area contributed by atoms with Gasteiger partial charge in [-0.05, 0) is 47.9 Å². The van der Waals surface area contributed by atoms with Crippen molar-refractivity contribution in [2.45, 2.75) is 13.0 Å². The van der Waals surface area contributed by atoms with E-state index in [1.165, 1.54) is 0 Å². The number of nitrogens with one attached hydrogen (secondary N) is 3. The molecule has 0 saturated carbocycles. The lowest BCUT2D eigenvalue weighted by molar-refractivity contribution is -0.113. The van der Waals surface area contributed by atoms with Crippen LogP contribution in [0.1, 0.15) is 18.5 Å². The molecule has 0 aromatic heterocycles. The molecule has 1 heterocycles. The van der Waals surface area contributed by atoms with Crippen molar-refractivity contribution in [1.29, 1.82) is 0 Å². The minimum Gasteiger partial charge on any atom is -0.327 e. The summed E-state index contributed by atoms with van der Waals surface area (Å²) in [6.45, 7) is 1.74. The Morgan fingerprint density at radius 2 is 1.53 bits per heavy atom. The summed E-state index contributed by atoms with van der Waals surface area (Å²) >= 11 is 3.39. The van der Waals surface area contributed by atoms with Crippen LogP contribution in [-0.4, -0.2) is 11.9 Å². The molecule has 1 unspecified atom stereocenters. The van der Waals surface area contributed by atoms with Gasteiger partial charge in [0.25, 0.3) is 5.91 Å². The fraction of sp³-hybridized carbons (Fsp3) is 0.0833. The van der Waals surface area contributed by atoms with Gasteiger partial charge < -0.3 is 16.0 Å². The molecule has 3 N–H and O–H groups in total. The van der Waals surface area contributed by atoms with Gasteiger partial charge in [0.05, 0.1) is 11.6 Å². The van der Waals surface area contributed by atoms with Crippen LogP contribution < -0.4 is 16.0 Å². The number of amides is 3. The number of carbonyl (C=O) groups excluding carboxylic acids is 2. The van der Waals surface area contributed by atoms with Crippen LogP contribution in [0.5, 0.6) is 0 Å². The standard InChI is InChI=1S/C24H20BrN3O2/c1-15-21(23(29)27-20-13-11-19(25)12-14-20)22(28-24(30)26-15)18-9-7-17(8-10-18)16-5-3-2-4-6-16/h2-14,22H,1H3,(H,27,29)(H2,26,28,30). The number of urea groups is 1. The van der Waals surface area contributed by atoms with Gasteiger partial charge in [-0.15, -0.1) is 0 Å². The second-order valence-corrected chi connectivity index (χ2v) is 7.93. The molecule has 0 saturated heterocycles. The maximum Gasteiger partial charge on any atom is 0.319 e. The Labute approximate surface area is 183 Å². The Balaban J connectivity index is 1.63. The number of anilines is 1. The lowest BCUT2D eigenvalue weighted by Crippen LogP contribution is -2.45. The van der Waals surface area contributed by atoms with E-state index < -0.39 is 6.04 Å². The molecule has 1 aliphatic rings. The number of carbonyl (C=O) groups is 2. The third-order valence-corrected chi connectivity index (χ3v) is 5.50. The van der Waals surface area contributed by atoms with Crippen LogP contribution in [0.15, 0.2) is 94.6 Å². The molecule has 6 heteroatoms. The fourth-order valence-electron chi connectivity index (χ4n) is 3.48. The van der Waals surface area contributed by atoms with Gasteiger partial charge in [0, 0.05) is 15.9 Å². The molecular formula is C24H20BrN3O2. The van der Waals surface area contributed by atoms with Gasteiger partial charge in [-0.1, -0.05) is 70.5 Å². The van der Waals surface area contributed by atoms with Crippen molar-refractivity contribution < 1.29 is 9.59 Å². The second kappa shape index (κ2) is 8.55. The van der Waals surface area contributed by atoms with Crippen LogP contribution in [0, 0.1) is 0 Å². The Bertz CT molecular complexity index is 1110. The first kappa shape index (κ1) is 19.9. The van der Waals surface area contributed by atoms with E-state index in [1.54, 1.807) is 6.92 Å². The molecule has 5 nitrogen and oxygen atoms in total. The first-order chi connectivity index (χ1) is 14.5. The summed E-state index contributed by atoms with van der Waals surface area (Å²) in [5.41, 5.74) is 4.71. The summed E-state index contributed by atoms with van der Waals surface area (Å²) in [6.07, 6.45) is 0. The first-order valence-electron chi connectivity index (χ1n) is 9.52.